The zero-order valence-corrected chi connectivity index (χ0v) is 14.6. The Morgan fingerprint density at radius 3 is 2.64 bits per heavy atom. The second-order valence-corrected chi connectivity index (χ2v) is 6.26. The van der Waals surface area contributed by atoms with Crippen molar-refractivity contribution >= 4 is 29.3 Å². The number of benzene rings is 1. The lowest BCUT2D eigenvalue weighted by Crippen LogP contribution is -2.34. The predicted molar refractivity (Wildman–Crippen MR) is 86.6 cm³/mol. The lowest BCUT2D eigenvalue weighted by molar-refractivity contribution is -0.136. The Labute approximate surface area is 150 Å². The average molecular weight is 395 g/mol. The largest absolute Gasteiger partial charge is 0.486 e. The van der Waals surface area contributed by atoms with Crippen LogP contribution in [0.4, 0.5) is 13.2 Å². The van der Waals surface area contributed by atoms with E-state index in [9.17, 15) is 18.0 Å². The lowest BCUT2D eigenvalue weighted by Gasteiger charge is -2.08. The molecule has 0 aliphatic rings. The molecule has 0 spiro atoms. The highest BCUT2D eigenvalue weighted by atomic mass is 35.5. The first-order valence-corrected chi connectivity index (χ1v) is 8.34. The number of amides is 1. The number of thioether (sulfide) groups is 1. The van der Waals surface area contributed by atoms with Crippen LogP contribution in [0.5, 0.6) is 5.75 Å². The molecule has 25 heavy (non-hydrogen) atoms. The van der Waals surface area contributed by atoms with Crippen LogP contribution in [0.2, 0.25) is 5.02 Å². The van der Waals surface area contributed by atoms with Crippen LogP contribution in [0.25, 0.3) is 0 Å². The Balaban J connectivity index is 1.83. The molecule has 2 aromatic rings. The first kappa shape index (κ1) is 19.4. The topological polar surface area (TPSA) is 69.0 Å². The Bertz CT molecular complexity index is 722. The summed E-state index contributed by atoms with van der Waals surface area (Å²) in [6, 6.07) is 6.79. The smallest absolute Gasteiger partial charge is 0.405 e. The van der Waals surface area contributed by atoms with Crippen molar-refractivity contribution in [1.82, 2.24) is 20.1 Å². The van der Waals surface area contributed by atoms with Crippen molar-refractivity contribution in [2.24, 2.45) is 7.05 Å². The standard InChI is InChI=1S/C14H14ClF3N4O2S/c1-22-11(6-24-10-4-2-9(15)3-5-10)20-21-13(22)25-7-12(23)19-8-14(16,17)18/h2-5H,6-8H2,1H3,(H,19,23). The van der Waals surface area contributed by atoms with Gasteiger partial charge < -0.3 is 14.6 Å². The van der Waals surface area contributed by atoms with Gasteiger partial charge in [0.05, 0.1) is 5.75 Å². The van der Waals surface area contributed by atoms with E-state index in [1.165, 1.54) is 0 Å². The molecule has 0 aliphatic carbocycles. The molecule has 6 nitrogen and oxygen atoms in total. The number of carbonyl (C=O) groups excluding carboxylic acids is 1. The highest BCUT2D eigenvalue weighted by Crippen LogP contribution is 2.19. The highest BCUT2D eigenvalue weighted by molar-refractivity contribution is 7.99. The van der Waals surface area contributed by atoms with Gasteiger partial charge in [-0.05, 0) is 24.3 Å². The summed E-state index contributed by atoms with van der Waals surface area (Å²) >= 11 is 6.77. The zero-order chi connectivity index (χ0) is 18.4. The number of alkyl halides is 3. The number of carbonyl (C=O) groups is 1. The van der Waals surface area contributed by atoms with Gasteiger partial charge in [-0.2, -0.15) is 13.2 Å². The SMILES string of the molecule is Cn1c(COc2ccc(Cl)cc2)nnc1SCC(=O)NCC(F)(F)F. The molecule has 0 atom stereocenters. The van der Waals surface area contributed by atoms with Crippen LogP contribution < -0.4 is 10.1 Å². The van der Waals surface area contributed by atoms with E-state index in [2.05, 4.69) is 10.2 Å². The number of rotatable bonds is 7. The lowest BCUT2D eigenvalue weighted by atomic mass is 10.3. The second-order valence-electron chi connectivity index (χ2n) is 4.88. The molecule has 0 radical (unpaired) electrons. The van der Waals surface area contributed by atoms with E-state index in [-0.39, 0.29) is 12.4 Å². The van der Waals surface area contributed by atoms with Crippen molar-refractivity contribution in [1.29, 1.82) is 0 Å². The van der Waals surface area contributed by atoms with Crippen LogP contribution in [-0.2, 0) is 18.4 Å². The highest BCUT2D eigenvalue weighted by Gasteiger charge is 2.27. The summed E-state index contributed by atoms with van der Waals surface area (Å²) in [5.74, 6) is 0.186. The maximum Gasteiger partial charge on any atom is 0.405 e. The summed E-state index contributed by atoms with van der Waals surface area (Å²) in [5, 5.41) is 10.6. The molecular weight excluding hydrogens is 381 g/mol. The fourth-order valence-corrected chi connectivity index (χ4v) is 2.54. The van der Waals surface area contributed by atoms with E-state index >= 15 is 0 Å². The summed E-state index contributed by atoms with van der Waals surface area (Å²) in [6.45, 7) is -1.21. The molecule has 1 N–H and O–H groups in total. The van der Waals surface area contributed by atoms with Gasteiger partial charge in [-0.25, -0.2) is 0 Å². The van der Waals surface area contributed by atoms with Gasteiger partial charge in [-0.1, -0.05) is 23.4 Å². The number of halogens is 4. The summed E-state index contributed by atoms with van der Waals surface area (Å²) < 4.78 is 43.2. The Hall–Kier alpha value is -1.94. The van der Waals surface area contributed by atoms with Gasteiger partial charge in [0.1, 0.15) is 18.9 Å². The minimum Gasteiger partial charge on any atom is -0.486 e. The van der Waals surface area contributed by atoms with E-state index in [0.717, 1.165) is 11.8 Å². The molecule has 1 aromatic carbocycles. The van der Waals surface area contributed by atoms with Gasteiger partial charge in [0.25, 0.3) is 0 Å². The fraction of sp³-hybridized carbons (Fsp3) is 0.357. The maximum absolute atomic E-state index is 12.0. The van der Waals surface area contributed by atoms with E-state index in [4.69, 9.17) is 16.3 Å². The molecule has 1 heterocycles. The van der Waals surface area contributed by atoms with E-state index in [1.807, 2.05) is 0 Å². The van der Waals surface area contributed by atoms with Crippen molar-refractivity contribution in [3.8, 4) is 5.75 Å². The monoisotopic (exact) mass is 394 g/mol. The predicted octanol–water partition coefficient (Wildman–Crippen LogP) is 2.82. The van der Waals surface area contributed by atoms with Gasteiger partial charge >= 0.3 is 6.18 Å². The Morgan fingerprint density at radius 2 is 2.00 bits per heavy atom. The molecule has 0 saturated carbocycles. The number of ether oxygens (including phenoxy) is 1. The van der Waals surface area contributed by atoms with Crippen LogP contribution >= 0.6 is 23.4 Å². The quantitative estimate of drug-likeness (QED) is 0.731. The van der Waals surface area contributed by atoms with Gasteiger partial charge in [-0.15, -0.1) is 10.2 Å². The number of hydrogen-bond acceptors (Lipinski definition) is 5. The molecule has 2 rings (SSSR count). The number of nitrogens with one attached hydrogen (secondary N) is 1. The van der Waals surface area contributed by atoms with Crippen molar-refractivity contribution in [2.75, 3.05) is 12.3 Å². The minimum atomic E-state index is -4.43. The van der Waals surface area contributed by atoms with Gasteiger partial charge in [-0.3, -0.25) is 4.79 Å². The molecule has 0 aliphatic heterocycles. The number of nitrogens with zero attached hydrogens (tertiary/aromatic N) is 3. The fourth-order valence-electron chi connectivity index (χ4n) is 1.66. The molecule has 0 unspecified atom stereocenters. The summed E-state index contributed by atoms with van der Waals surface area (Å²) in [5.41, 5.74) is 0. The third-order valence-electron chi connectivity index (χ3n) is 2.93. The first-order valence-electron chi connectivity index (χ1n) is 6.97. The second kappa shape index (κ2) is 8.43. The summed E-state index contributed by atoms with van der Waals surface area (Å²) in [6.07, 6.45) is -4.43. The van der Waals surface area contributed by atoms with E-state index in [0.29, 0.717) is 21.8 Å². The molecule has 11 heteroatoms. The molecule has 1 amide bonds. The molecule has 1 aromatic heterocycles. The summed E-state index contributed by atoms with van der Waals surface area (Å²) in [7, 11) is 1.68. The van der Waals surface area contributed by atoms with Crippen LogP contribution in [-0.4, -0.2) is 39.1 Å². The minimum absolute atomic E-state index is 0.145. The van der Waals surface area contributed by atoms with Crippen molar-refractivity contribution in [3.63, 3.8) is 0 Å². The van der Waals surface area contributed by atoms with Crippen LogP contribution in [0, 0.1) is 0 Å². The van der Waals surface area contributed by atoms with Gasteiger partial charge in [0.2, 0.25) is 5.91 Å². The normalized spacial score (nSPS) is 11.4. The molecule has 0 saturated heterocycles. The molecule has 136 valence electrons. The van der Waals surface area contributed by atoms with Gasteiger partial charge in [0.15, 0.2) is 11.0 Å². The van der Waals surface area contributed by atoms with Crippen LogP contribution in [0.3, 0.4) is 0 Å². The Kier molecular flexibility index (Phi) is 6.54. The number of hydrogen-bond donors (Lipinski definition) is 1. The van der Waals surface area contributed by atoms with Gasteiger partial charge in [0, 0.05) is 12.1 Å². The van der Waals surface area contributed by atoms with Crippen molar-refractivity contribution in [3.05, 3.63) is 35.1 Å². The van der Waals surface area contributed by atoms with Crippen LogP contribution in [0.15, 0.2) is 29.4 Å². The van der Waals surface area contributed by atoms with E-state index < -0.39 is 18.6 Å². The van der Waals surface area contributed by atoms with Crippen molar-refractivity contribution in [2.45, 2.75) is 17.9 Å². The first-order chi connectivity index (χ1) is 11.7. The van der Waals surface area contributed by atoms with E-state index in [1.54, 1.807) is 41.2 Å². The molecular formula is C14H14ClF3N4O2S. The Morgan fingerprint density at radius 1 is 1.32 bits per heavy atom. The summed E-state index contributed by atoms with van der Waals surface area (Å²) in [4.78, 5) is 11.4. The third kappa shape index (κ3) is 6.46. The molecule has 0 bridgehead atoms. The average Bonchev–Trinajstić information content (AvgIpc) is 2.90. The van der Waals surface area contributed by atoms with Crippen LogP contribution in [0.1, 0.15) is 5.82 Å². The zero-order valence-electron chi connectivity index (χ0n) is 13.0. The van der Waals surface area contributed by atoms with Crippen molar-refractivity contribution < 1.29 is 22.7 Å². The third-order valence-corrected chi connectivity index (χ3v) is 4.20. The maximum atomic E-state index is 12.0. The molecule has 0 fully saturated rings. The number of aromatic nitrogens is 3.